The maximum atomic E-state index is 13.6. The smallest absolute Gasteiger partial charge is 0.262 e. The Morgan fingerprint density at radius 1 is 1.06 bits per heavy atom. The lowest BCUT2D eigenvalue weighted by Crippen LogP contribution is -2.43. The normalized spacial score (nSPS) is 17.2. The summed E-state index contributed by atoms with van der Waals surface area (Å²) in [5, 5.41) is 6.30. The molecule has 4 rings (SSSR count). The van der Waals surface area contributed by atoms with Crippen LogP contribution in [-0.4, -0.2) is 68.5 Å². The molecule has 2 aromatic rings. The molecule has 1 aliphatic carbocycles. The first-order valence-electron chi connectivity index (χ1n) is 11.9. The predicted octanol–water partition coefficient (Wildman–Crippen LogP) is 3.57. The van der Waals surface area contributed by atoms with Crippen LogP contribution in [-0.2, 0) is 14.3 Å². The van der Waals surface area contributed by atoms with E-state index < -0.39 is 0 Å². The van der Waals surface area contributed by atoms with Crippen molar-refractivity contribution >= 4 is 17.5 Å². The third-order valence-electron chi connectivity index (χ3n) is 6.48. The van der Waals surface area contributed by atoms with E-state index in [1.807, 2.05) is 49.4 Å². The molecule has 35 heavy (non-hydrogen) atoms. The molecule has 8 heteroatoms. The van der Waals surface area contributed by atoms with Crippen molar-refractivity contribution < 1.29 is 23.8 Å². The molecule has 1 fully saturated rings. The summed E-state index contributed by atoms with van der Waals surface area (Å²) in [6.07, 6.45) is 2.30. The third-order valence-corrected chi connectivity index (χ3v) is 6.48. The summed E-state index contributed by atoms with van der Waals surface area (Å²) >= 11 is 0. The maximum absolute atomic E-state index is 13.6. The summed E-state index contributed by atoms with van der Waals surface area (Å²) in [6.45, 7) is 2.76. The van der Waals surface area contributed by atoms with Crippen LogP contribution in [0.2, 0.25) is 0 Å². The molecule has 2 aromatic carbocycles. The molecule has 0 unspecified atom stereocenters. The molecule has 0 bridgehead atoms. The minimum absolute atomic E-state index is 0.0162. The first-order valence-corrected chi connectivity index (χ1v) is 11.9. The molecular formula is C27H33N3O5. The van der Waals surface area contributed by atoms with Crippen LogP contribution in [0, 0.1) is 12.8 Å². The van der Waals surface area contributed by atoms with E-state index in [0.29, 0.717) is 31.1 Å². The number of hydrazone groups is 1. The lowest BCUT2D eigenvalue weighted by molar-refractivity contribution is -0.142. The second kappa shape index (κ2) is 10.9. The lowest BCUT2D eigenvalue weighted by atomic mass is 9.97. The van der Waals surface area contributed by atoms with E-state index in [1.165, 1.54) is 5.01 Å². The van der Waals surface area contributed by atoms with E-state index in [2.05, 4.69) is 0 Å². The van der Waals surface area contributed by atoms with Crippen molar-refractivity contribution in [2.75, 3.05) is 41.0 Å². The van der Waals surface area contributed by atoms with Crippen molar-refractivity contribution in [2.24, 2.45) is 11.0 Å². The molecule has 2 aliphatic rings. The summed E-state index contributed by atoms with van der Waals surface area (Å²) in [5.41, 5.74) is 3.70. The lowest BCUT2D eigenvalue weighted by Gasteiger charge is -2.27. The number of hydrogen-bond acceptors (Lipinski definition) is 6. The topological polar surface area (TPSA) is 80.7 Å². The molecule has 0 aromatic heterocycles. The number of carbonyl (C=O) groups excluding carboxylic acids is 2. The third kappa shape index (κ3) is 5.65. The van der Waals surface area contributed by atoms with Gasteiger partial charge in [-0.1, -0.05) is 29.8 Å². The van der Waals surface area contributed by atoms with Crippen molar-refractivity contribution in [2.45, 2.75) is 32.2 Å². The van der Waals surface area contributed by atoms with Gasteiger partial charge in [0.1, 0.15) is 18.0 Å². The first-order chi connectivity index (χ1) is 16.9. The highest BCUT2D eigenvalue weighted by atomic mass is 16.5. The Morgan fingerprint density at radius 3 is 2.43 bits per heavy atom. The van der Waals surface area contributed by atoms with Gasteiger partial charge in [0.2, 0.25) is 5.91 Å². The van der Waals surface area contributed by atoms with Gasteiger partial charge in [-0.15, -0.1) is 0 Å². The molecule has 0 saturated heterocycles. The Morgan fingerprint density at radius 2 is 1.80 bits per heavy atom. The molecule has 0 N–H and O–H groups in total. The Bertz CT molecular complexity index is 1090. The Labute approximate surface area is 206 Å². The zero-order valence-electron chi connectivity index (χ0n) is 20.8. The second-order valence-electron chi connectivity index (χ2n) is 9.01. The highest BCUT2D eigenvalue weighted by Crippen LogP contribution is 2.37. The Hall–Kier alpha value is -3.39. The number of nitrogens with zero attached hydrogens (tertiary/aromatic N) is 3. The highest BCUT2D eigenvalue weighted by Gasteiger charge is 2.38. The summed E-state index contributed by atoms with van der Waals surface area (Å²) in [5.74, 6) is 1.13. The number of amides is 2. The SMILES string of the molecule is COCCN(CC(=O)N1N=C(c2ccc(OC)cc2OC)C[C@@H]1c1ccc(C)cc1)C(=O)C1CC1. The van der Waals surface area contributed by atoms with Gasteiger partial charge in [-0.2, -0.15) is 5.10 Å². The average Bonchev–Trinajstić information content (AvgIpc) is 3.64. The zero-order chi connectivity index (χ0) is 24.9. The van der Waals surface area contributed by atoms with Crippen molar-refractivity contribution in [1.29, 1.82) is 0 Å². The fourth-order valence-electron chi connectivity index (χ4n) is 4.28. The molecule has 2 amide bonds. The van der Waals surface area contributed by atoms with E-state index in [0.717, 1.165) is 35.2 Å². The van der Waals surface area contributed by atoms with Crippen LogP contribution in [0.25, 0.3) is 0 Å². The fraction of sp³-hybridized carbons (Fsp3) is 0.444. The van der Waals surface area contributed by atoms with Crippen LogP contribution < -0.4 is 9.47 Å². The van der Waals surface area contributed by atoms with Gasteiger partial charge < -0.3 is 19.1 Å². The van der Waals surface area contributed by atoms with Crippen molar-refractivity contribution in [1.82, 2.24) is 9.91 Å². The molecule has 1 heterocycles. The highest BCUT2D eigenvalue weighted by molar-refractivity contribution is 6.05. The van der Waals surface area contributed by atoms with Gasteiger partial charge in [-0.3, -0.25) is 9.59 Å². The van der Waals surface area contributed by atoms with Gasteiger partial charge in [0.25, 0.3) is 5.91 Å². The standard InChI is InChI=1S/C27H33N3O5/c1-18-5-7-19(8-6-18)24-16-23(22-12-11-21(34-3)15-25(22)35-4)28-30(24)26(31)17-29(13-14-33-2)27(32)20-9-10-20/h5-8,11-12,15,20,24H,9-10,13-14,16-17H2,1-4H3/t24-/m1/s1. The quantitative estimate of drug-likeness (QED) is 0.520. The van der Waals surface area contributed by atoms with Crippen LogP contribution >= 0.6 is 0 Å². The number of ether oxygens (including phenoxy) is 3. The first kappa shape index (κ1) is 24.7. The molecule has 1 atom stereocenters. The number of benzene rings is 2. The molecule has 0 spiro atoms. The number of carbonyl (C=O) groups is 2. The van der Waals surface area contributed by atoms with Crippen LogP contribution in [0.3, 0.4) is 0 Å². The van der Waals surface area contributed by atoms with Crippen LogP contribution in [0.5, 0.6) is 11.5 Å². The van der Waals surface area contributed by atoms with Crippen molar-refractivity contribution in [3.05, 3.63) is 59.2 Å². The van der Waals surface area contributed by atoms with Crippen LogP contribution in [0.15, 0.2) is 47.6 Å². The minimum atomic E-state index is -0.273. The Balaban J connectivity index is 1.64. The number of rotatable bonds is 10. The molecular weight excluding hydrogens is 446 g/mol. The van der Waals surface area contributed by atoms with Gasteiger partial charge in [-0.25, -0.2) is 5.01 Å². The van der Waals surface area contributed by atoms with E-state index in [1.54, 1.807) is 26.2 Å². The van der Waals surface area contributed by atoms with Gasteiger partial charge in [0.05, 0.1) is 32.6 Å². The van der Waals surface area contributed by atoms with Gasteiger partial charge in [0.15, 0.2) is 0 Å². The summed E-state index contributed by atoms with van der Waals surface area (Å²) < 4.78 is 16.1. The van der Waals surface area contributed by atoms with Crippen LogP contribution in [0.4, 0.5) is 0 Å². The molecule has 8 nitrogen and oxygen atoms in total. The average molecular weight is 480 g/mol. The van der Waals surface area contributed by atoms with E-state index in [4.69, 9.17) is 19.3 Å². The number of aryl methyl sites for hydroxylation is 1. The Kier molecular flexibility index (Phi) is 7.70. The fourth-order valence-corrected chi connectivity index (χ4v) is 4.28. The van der Waals surface area contributed by atoms with Gasteiger partial charge >= 0.3 is 0 Å². The largest absolute Gasteiger partial charge is 0.497 e. The zero-order valence-corrected chi connectivity index (χ0v) is 20.8. The number of methoxy groups -OCH3 is 3. The number of hydrogen-bond donors (Lipinski definition) is 0. The monoisotopic (exact) mass is 479 g/mol. The summed E-state index contributed by atoms with van der Waals surface area (Å²) in [6, 6.07) is 13.4. The van der Waals surface area contributed by atoms with E-state index in [-0.39, 0.29) is 30.3 Å². The molecule has 0 radical (unpaired) electrons. The molecule has 1 aliphatic heterocycles. The second-order valence-corrected chi connectivity index (χ2v) is 9.01. The van der Waals surface area contributed by atoms with Crippen molar-refractivity contribution in [3.8, 4) is 11.5 Å². The van der Waals surface area contributed by atoms with E-state index in [9.17, 15) is 9.59 Å². The van der Waals surface area contributed by atoms with E-state index >= 15 is 0 Å². The predicted molar refractivity (Wildman–Crippen MR) is 133 cm³/mol. The van der Waals surface area contributed by atoms with Crippen molar-refractivity contribution in [3.63, 3.8) is 0 Å². The minimum Gasteiger partial charge on any atom is -0.497 e. The molecule has 1 saturated carbocycles. The summed E-state index contributed by atoms with van der Waals surface area (Å²) in [4.78, 5) is 28.0. The van der Waals surface area contributed by atoms with Crippen LogP contribution in [0.1, 0.15) is 42.0 Å². The maximum Gasteiger partial charge on any atom is 0.262 e. The molecule has 186 valence electrons. The van der Waals surface area contributed by atoms with Gasteiger partial charge in [-0.05, 0) is 37.5 Å². The van der Waals surface area contributed by atoms with Gasteiger partial charge in [0, 0.05) is 37.6 Å². The summed E-state index contributed by atoms with van der Waals surface area (Å²) in [7, 11) is 4.80.